The number of amides is 1. The maximum Gasteiger partial charge on any atom is 0.251 e. The number of aryl methyl sites for hydroxylation is 1. The number of hydrogen-bond donors (Lipinski definition) is 2. The number of hydrogen-bond acceptors (Lipinski definition) is 3. The van der Waals surface area contributed by atoms with Crippen LogP contribution in [0.15, 0.2) is 42.6 Å². The minimum atomic E-state index is 0.0311. The summed E-state index contributed by atoms with van der Waals surface area (Å²) in [5, 5.41) is 12.3. The van der Waals surface area contributed by atoms with E-state index in [1.807, 2.05) is 24.4 Å². The summed E-state index contributed by atoms with van der Waals surface area (Å²) < 4.78 is 2.19. The number of fused-ring (bicyclic) bond motifs is 1. The van der Waals surface area contributed by atoms with Crippen LogP contribution in [0.3, 0.4) is 0 Å². The Morgan fingerprint density at radius 1 is 1.11 bits per heavy atom. The Morgan fingerprint density at radius 3 is 2.71 bits per heavy atom. The van der Waals surface area contributed by atoms with E-state index in [0.29, 0.717) is 12.1 Å². The fourth-order valence-electron chi connectivity index (χ4n) is 4.13. The van der Waals surface area contributed by atoms with Crippen LogP contribution in [0.25, 0.3) is 22.0 Å². The second-order valence-corrected chi connectivity index (χ2v) is 8.12. The molecule has 2 fully saturated rings. The molecule has 1 aliphatic heterocycles. The van der Waals surface area contributed by atoms with Gasteiger partial charge in [0.15, 0.2) is 0 Å². The summed E-state index contributed by atoms with van der Waals surface area (Å²) in [6, 6.07) is 13.4. The quantitative estimate of drug-likeness (QED) is 0.730. The van der Waals surface area contributed by atoms with E-state index in [1.54, 1.807) is 0 Å². The first-order valence-corrected chi connectivity index (χ1v) is 10.3. The van der Waals surface area contributed by atoms with Crippen LogP contribution in [0.5, 0.6) is 0 Å². The summed E-state index contributed by atoms with van der Waals surface area (Å²) in [7, 11) is 0. The number of aromatic nitrogens is 2. The molecule has 2 N–H and O–H groups in total. The lowest BCUT2D eigenvalue weighted by Gasteiger charge is -2.23. The maximum atomic E-state index is 12.5. The van der Waals surface area contributed by atoms with Crippen molar-refractivity contribution in [3.63, 3.8) is 0 Å². The van der Waals surface area contributed by atoms with Gasteiger partial charge in [0.2, 0.25) is 0 Å². The minimum absolute atomic E-state index is 0.0311. The van der Waals surface area contributed by atoms with Crippen molar-refractivity contribution in [2.75, 3.05) is 13.1 Å². The van der Waals surface area contributed by atoms with Gasteiger partial charge in [0, 0.05) is 17.0 Å². The van der Waals surface area contributed by atoms with E-state index in [0.717, 1.165) is 60.8 Å². The third-order valence-corrected chi connectivity index (χ3v) is 5.97. The van der Waals surface area contributed by atoms with Gasteiger partial charge in [0.05, 0.1) is 17.8 Å². The van der Waals surface area contributed by atoms with Crippen molar-refractivity contribution in [2.45, 2.75) is 44.7 Å². The average molecular weight is 374 g/mol. The fraction of sp³-hybridized carbons (Fsp3) is 0.391. The molecule has 0 unspecified atom stereocenters. The SMILES string of the molecule is Cc1ccc(C(=O)NC2CC2)cc1-c1ccc2c(cnn2C2CCNCC2)c1. The highest BCUT2D eigenvalue weighted by molar-refractivity contribution is 5.96. The third-order valence-electron chi connectivity index (χ3n) is 5.97. The standard InChI is InChI=1S/C23H26N4O/c1-15-2-3-17(23(28)26-19-5-6-19)13-21(15)16-4-7-22-18(12-16)14-25-27(22)20-8-10-24-11-9-20/h2-4,7,12-14,19-20,24H,5-6,8-11H2,1H3,(H,26,28). The monoisotopic (exact) mass is 374 g/mol. The van der Waals surface area contributed by atoms with Crippen molar-refractivity contribution in [1.29, 1.82) is 0 Å². The highest BCUT2D eigenvalue weighted by Gasteiger charge is 2.24. The maximum absolute atomic E-state index is 12.5. The molecule has 28 heavy (non-hydrogen) atoms. The smallest absolute Gasteiger partial charge is 0.251 e. The molecule has 2 aromatic carbocycles. The molecule has 144 valence electrons. The van der Waals surface area contributed by atoms with Crippen LogP contribution >= 0.6 is 0 Å². The van der Waals surface area contributed by atoms with Crippen LogP contribution in [-0.2, 0) is 0 Å². The van der Waals surface area contributed by atoms with Gasteiger partial charge in [-0.2, -0.15) is 5.10 Å². The number of piperidine rings is 1. The van der Waals surface area contributed by atoms with Crippen LogP contribution in [0.2, 0.25) is 0 Å². The number of nitrogens with one attached hydrogen (secondary N) is 2. The predicted molar refractivity (Wildman–Crippen MR) is 112 cm³/mol. The number of carbonyl (C=O) groups is 1. The fourth-order valence-corrected chi connectivity index (χ4v) is 4.13. The molecule has 5 rings (SSSR count). The third kappa shape index (κ3) is 3.31. The molecule has 0 spiro atoms. The molecule has 1 aliphatic carbocycles. The summed E-state index contributed by atoms with van der Waals surface area (Å²) in [6.07, 6.45) is 6.41. The normalized spacial score (nSPS) is 17.8. The van der Waals surface area contributed by atoms with E-state index in [4.69, 9.17) is 0 Å². The van der Waals surface area contributed by atoms with Gasteiger partial charge in [-0.25, -0.2) is 0 Å². The van der Waals surface area contributed by atoms with Crippen molar-refractivity contribution in [1.82, 2.24) is 20.4 Å². The first kappa shape index (κ1) is 17.4. The molecule has 1 amide bonds. The number of nitrogens with zero attached hydrogens (tertiary/aromatic N) is 2. The van der Waals surface area contributed by atoms with E-state index in [2.05, 4.69) is 45.5 Å². The molecule has 1 saturated heterocycles. The molecule has 2 aliphatic rings. The van der Waals surface area contributed by atoms with E-state index >= 15 is 0 Å². The van der Waals surface area contributed by atoms with Gasteiger partial charge in [-0.3, -0.25) is 9.48 Å². The largest absolute Gasteiger partial charge is 0.349 e. The van der Waals surface area contributed by atoms with Gasteiger partial charge in [-0.05, 0) is 86.7 Å². The summed E-state index contributed by atoms with van der Waals surface area (Å²) in [4.78, 5) is 12.5. The molecule has 2 heterocycles. The van der Waals surface area contributed by atoms with Gasteiger partial charge in [-0.15, -0.1) is 0 Å². The Morgan fingerprint density at radius 2 is 1.93 bits per heavy atom. The Labute approximate surface area is 165 Å². The average Bonchev–Trinajstić information content (AvgIpc) is 3.44. The van der Waals surface area contributed by atoms with Crippen LogP contribution in [0, 0.1) is 6.92 Å². The van der Waals surface area contributed by atoms with Crippen molar-refractivity contribution in [3.8, 4) is 11.1 Å². The van der Waals surface area contributed by atoms with Gasteiger partial charge in [0.25, 0.3) is 5.91 Å². The first-order chi connectivity index (χ1) is 13.7. The first-order valence-electron chi connectivity index (χ1n) is 10.3. The van der Waals surface area contributed by atoms with Crippen molar-refractivity contribution >= 4 is 16.8 Å². The van der Waals surface area contributed by atoms with E-state index in [1.165, 1.54) is 11.1 Å². The van der Waals surface area contributed by atoms with Crippen LogP contribution in [-0.4, -0.2) is 34.8 Å². The molecule has 5 heteroatoms. The Bertz CT molecular complexity index is 1030. The summed E-state index contributed by atoms with van der Waals surface area (Å²) in [5.74, 6) is 0.0311. The van der Waals surface area contributed by atoms with Gasteiger partial charge >= 0.3 is 0 Å². The molecule has 5 nitrogen and oxygen atoms in total. The highest BCUT2D eigenvalue weighted by atomic mass is 16.1. The second-order valence-electron chi connectivity index (χ2n) is 8.12. The molecule has 0 radical (unpaired) electrons. The summed E-state index contributed by atoms with van der Waals surface area (Å²) in [6.45, 7) is 4.21. The molecule has 0 atom stereocenters. The molecule has 0 bridgehead atoms. The van der Waals surface area contributed by atoms with Crippen molar-refractivity contribution in [2.24, 2.45) is 0 Å². The molecule has 3 aromatic rings. The Hall–Kier alpha value is -2.66. The van der Waals surface area contributed by atoms with E-state index in [-0.39, 0.29) is 5.91 Å². The number of benzene rings is 2. The zero-order valence-electron chi connectivity index (χ0n) is 16.2. The Balaban J connectivity index is 1.48. The second kappa shape index (κ2) is 7.06. The Kier molecular flexibility index (Phi) is 4.40. The van der Waals surface area contributed by atoms with Crippen molar-refractivity contribution in [3.05, 3.63) is 53.7 Å². The summed E-state index contributed by atoms with van der Waals surface area (Å²) >= 11 is 0. The minimum Gasteiger partial charge on any atom is -0.349 e. The lowest BCUT2D eigenvalue weighted by atomic mass is 9.97. The summed E-state index contributed by atoms with van der Waals surface area (Å²) in [5.41, 5.74) is 5.35. The number of carbonyl (C=O) groups excluding carboxylic acids is 1. The number of rotatable bonds is 4. The van der Waals surface area contributed by atoms with Crippen LogP contribution < -0.4 is 10.6 Å². The zero-order valence-corrected chi connectivity index (χ0v) is 16.2. The van der Waals surface area contributed by atoms with E-state index < -0.39 is 0 Å². The topological polar surface area (TPSA) is 59.0 Å². The molecule has 1 aromatic heterocycles. The van der Waals surface area contributed by atoms with E-state index in [9.17, 15) is 4.79 Å². The lowest BCUT2D eigenvalue weighted by molar-refractivity contribution is 0.0951. The van der Waals surface area contributed by atoms with Gasteiger partial charge < -0.3 is 10.6 Å². The molecule has 1 saturated carbocycles. The highest BCUT2D eigenvalue weighted by Crippen LogP contribution is 2.30. The van der Waals surface area contributed by atoms with Gasteiger partial charge in [-0.1, -0.05) is 12.1 Å². The predicted octanol–water partition coefficient (Wildman–Crippen LogP) is 3.83. The van der Waals surface area contributed by atoms with Gasteiger partial charge in [0.1, 0.15) is 0 Å². The van der Waals surface area contributed by atoms with Crippen LogP contribution in [0.1, 0.15) is 47.6 Å². The van der Waals surface area contributed by atoms with Crippen LogP contribution in [0.4, 0.5) is 0 Å². The molecular formula is C23H26N4O. The zero-order chi connectivity index (χ0) is 19.1. The van der Waals surface area contributed by atoms with Crippen molar-refractivity contribution < 1.29 is 4.79 Å². The molecular weight excluding hydrogens is 348 g/mol. The lowest BCUT2D eigenvalue weighted by Crippen LogP contribution is -2.29.